The summed E-state index contributed by atoms with van der Waals surface area (Å²) in [7, 11) is 0. The topological polar surface area (TPSA) is 32.3 Å². The van der Waals surface area contributed by atoms with Crippen molar-refractivity contribution < 1.29 is 5.11 Å². The van der Waals surface area contributed by atoms with E-state index in [1.165, 1.54) is 16.3 Å². The number of hydrogen-bond donors (Lipinski definition) is 2. The lowest BCUT2D eigenvalue weighted by molar-refractivity contribution is -0.00268. The van der Waals surface area contributed by atoms with E-state index in [0.29, 0.717) is 6.04 Å². The van der Waals surface area contributed by atoms with E-state index in [2.05, 4.69) is 54.7 Å². The van der Waals surface area contributed by atoms with Crippen molar-refractivity contribution in [1.82, 2.24) is 5.32 Å². The average Bonchev–Trinajstić information content (AvgIpc) is 2.50. The summed E-state index contributed by atoms with van der Waals surface area (Å²) in [6.45, 7) is 3.17. The van der Waals surface area contributed by atoms with Crippen LogP contribution in [0.1, 0.15) is 38.2 Å². The summed E-state index contributed by atoms with van der Waals surface area (Å²) in [6, 6.07) is 15.5. The van der Waals surface area contributed by atoms with Crippen molar-refractivity contribution in [3.8, 4) is 0 Å². The maximum absolute atomic E-state index is 10.9. The van der Waals surface area contributed by atoms with Gasteiger partial charge in [0.25, 0.3) is 0 Å². The van der Waals surface area contributed by atoms with Gasteiger partial charge in [-0.2, -0.15) is 0 Å². The van der Waals surface area contributed by atoms with Gasteiger partial charge in [-0.3, -0.25) is 0 Å². The summed E-state index contributed by atoms with van der Waals surface area (Å²) in [6.07, 6.45) is 4.72. The predicted molar refractivity (Wildman–Crippen MR) is 88.5 cm³/mol. The van der Waals surface area contributed by atoms with Gasteiger partial charge in [0.2, 0.25) is 0 Å². The zero-order valence-electron chi connectivity index (χ0n) is 12.8. The molecule has 0 saturated heterocycles. The molecule has 0 bridgehead atoms. The van der Waals surface area contributed by atoms with E-state index >= 15 is 0 Å². The number of aliphatic hydroxyl groups is 1. The standard InChI is InChI=1S/C19H25NO/c1-2-20-17-10-12-19(21,13-11-17)14-16-8-5-7-15-6-3-4-9-18(15)16/h3-9,17,20-21H,2,10-14H2,1H3. The number of nitrogens with one attached hydrogen (secondary N) is 1. The smallest absolute Gasteiger partial charge is 0.0689 e. The third-order valence-corrected chi connectivity index (χ3v) is 4.81. The lowest BCUT2D eigenvalue weighted by Gasteiger charge is -2.36. The molecule has 0 atom stereocenters. The summed E-state index contributed by atoms with van der Waals surface area (Å²) in [4.78, 5) is 0. The van der Waals surface area contributed by atoms with Crippen molar-refractivity contribution in [2.45, 2.75) is 50.7 Å². The molecule has 112 valence electrons. The summed E-state index contributed by atoms with van der Waals surface area (Å²) in [5, 5.41) is 17.0. The molecule has 0 aromatic heterocycles. The van der Waals surface area contributed by atoms with Gasteiger partial charge >= 0.3 is 0 Å². The Morgan fingerprint density at radius 2 is 1.81 bits per heavy atom. The van der Waals surface area contributed by atoms with Crippen LogP contribution in [-0.4, -0.2) is 23.3 Å². The molecule has 2 N–H and O–H groups in total. The molecule has 21 heavy (non-hydrogen) atoms. The van der Waals surface area contributed by atoms with Gasteiger partial charge in [0.05, 0.1) is 5.60 Å². The first-order valence-corrected chi connectivity index (χ1v) is 8.13. The number of rotatable bonds is 4. The Labute approximate surface area is 127 Å². The Bertz CT molecular complexity index is 594. The zero-order chi connectivity index (χ0) is 14.7. The fourth-order valence-corrected chi connectivity index (χ4v) is 3.63. The number of benzene rings is 2. The summed E-state index contributed by atoms with van der Waals surface area (Å²) < 4.78 is 0. The van der Waals surface area contributed by atoms with Crippen LogP contribution in [0.15, 0.2) is 42.5 Å². The van der Waals surface area contributed by atoms with Crippen molar-refractivity contribution in [1.29, 1.82) is 0 Å². The van der Waals surface area contributed by atoms with Gasteiger partial charge in [-0.1, -0.05) is 49.4 Å². The van der Waals surface area contributed by atoms with Gasteiger partial charge in [0, 0.05) is 12.5 Å². The molecule has 1 saturated carbocycles. The Balaban J connectivity index is 1.76. The van der Waals surface area contributed by atoms with E-state index in [4.69, 9.17) is 0 Å². The molecule has 3 rings (SSSR count). The lowest BCUT2D eigenvalue weighted by Crippen LogP contribution is -2.42. The molecule has 0 spiro atoms. The van der Waals surface area contributed by atoms with Gasteiger partial charge in [-0.05, 0) is 48.6 Å². The third kappa shape index (κ3) is 3.28. The average molecular weight is 283 g/mol. The van der Waals surface area contributed by atoms with Gasteiger partial charge in [0.1, 0.15) is 0 Å². The number of fused-ring (bicyclic) bond motifs is 1. The maximum Gasteiger partial charge on any atom is 0.0689 e. The highest BCUT2D eigenvalue weighted by atomic mass is 16.3. The van der Waals surface area contributed by atoms with Crippen LogP contribution in [0.25, 0.3) is 10.8 Å². The summed E-state index contributed by atoms with van der Waals surface area (Å²) in [5.74, 6) is 0. The molecular formula is C19H25NO. The Morgan fingerprint density at radius 1 is 1.10 bits per heavy atom. The van der Waals surface area contributed by atoms with Crippen LogP contribution in [0.4, 0.5) is 0 Å². The van der Waals surface area contributed by atoms with Gasteiger partial charge in [0.15, 0.2) is 0 Å². The molecule has 1 aliphatic rings. The molecule has 2 nitrogen and oxygen atoms in total. The summed E-state index contributed by atoms with van der Waals surface area (Å²) >= 11 is 0. The van der Waals surface area contributed by atoms with E-state index in [1.807, 2.05) is 0 Å². The molecule has 0 unspecified atom stereocenters. The van der Waals surface area contributed by atoms with E-state index in [9.17, 15) is 5.11 Å². The summed E-state index contributed by atoms with van der Waals surface area (Å²) in [5.41, 5.74) is 0.744. The van der Waals surface area contributed by atoms with Gasteiger partial charge in [-0.25, -0.2) is 0 Å². The molecule has 1 aliphatic carbocycles. The fraction of sp³-hybridized carbons (Fsp3) is 0.474. The quantitative estimate of drug-likeness (QED) is 0.897. The highest BCUT2D eigenvalue weighted by Crippen LogP contribution is 2.33. The second-order valence-electron chi connectivity index (χ2n) is 6.37. The van der Waals surface area contributed by atoms with Crippen LogP contribution in [0.3, 0.4) is 0 Å². The van der Waals surface area contributed by atoms with Crippen molar-refractivity contribution in [3.05, 3.63) is 48.0 Å². The molecule has 1 fully saturated rings. The minimum Gasteiger partial charge on any atom is -0.390 e. The second-order valence-corrected chi connectivity index (χ2v) is 6.37. The van der Waals surface area contributed by atoms with Gasteiger partial charge < -0.3 is 10.4 Å². The number of hydrogen-bond acceptors (Lipinski definition) is 2. The zero-order valence-corrected chi connectivity index (χ0v) is 12.8. The Kier molecular flexibility index (Phi) is 4.27. The normalized spacial score (nSPS) is 26.1. The van der Waals surface area contributed by atoms with Crippen LogP contribution in [-0.2, 0) is 6.42 Å². The lowest BCUT2D eigenvalue weighted by atomic mass is 9.78. The van der Waals surface area contributed by atoms with E-state index in [1.54, 1.807) is 0 Å². The third-order valence-electron chi connectivity index (χ3n) is 4.81. The highest BCUT2D eigenvalue weighted by Gasteiger charge is 2.33. The van der Waals surface area contributed by atoms with E-state index < -0.39 is 5.60 Å². The first kappa shape index (κ1) is 14.6. The largest absolute Gasteiger partial charge is 0.390 e. The first-order valence-electron chi connectivity index (χ1n) is 8.13. The van der Waals surface area contributed by atoms with E-state index in [0.717, 1.165) is 38.6 Å². The minimum absolute atomic E-state index is 0.532. The monoisotopic (exact) mass is 283 g/mol. The first-order chi connectivity index (χ1) is 10.2. The van der Waals surface area contributed by atoms with Crippen LogP contribution in [0.2, 0.25) is 0 Å². The van der Waals surface area contributed by atoms with Crippen LogP contribution < -0.4 is 5.32 Å². The fourth-order valence-electron chi connectivity index (χ4n) is 3.63. The molecule has 2 aromatic rings. The Morgan fingerprint density at radius 3 is 2.57 bits per heavy atom. The van der Waals surface area contributed by atoms with Crippen LogP contribution >= 0.6 is 0 Å². The van der Waals surface area contributed by atoms with Crippen molar-refractivity contribution >= 4 is 10.8 Å². The van der Waals surface area contributed by atoms with Crippen molar-refractivity contribution in [2.24, 2.45) is 0 Å². The molecule has 2 aromatic carbocycles. The van der Waals surface area contributed by atoms with Crippen LogP contribution in [0, 0.1) is 0 Å². The molecule has 0 aliphatic heterocycles. The molecular weight excluding hydrogens is 258 g/mol. The molecule has 0 amide bonds. The SMILES string of the molecule is CCNC1CCC(O)(Cc2cccc3ccccc23)CC1. The minimum atomic E-state index is -0.532. The second kappa shape index (κ2) is 6.17. The van der Waals surface area contributed by atoms with E-state index in [-0.39, 0.29) is 0 Å². The maximum atomic E-state index is 10.9. The van der Waals surface area contributed by atoms with Gasteiger partial charge in [-0.15, -0.1) is 0 Å². The molecule has 2 heteroatoms. The highest BCUT2D eigenvalue weighted by molar-refractivity contribution is 5.85. The predicted octanol–water partition coefficient (Wildman–Crippen LogP) is 3.67. The van der Waals surface area contributed by atoms with Crippen molar-refractivity contribution in [2.75, 3.05) is 6.54 Å². The van der Waals surface area contributed by atoms with Crippen LogP contribution in [0.5, 0.6) is 0 Å². The molecule has 0 radical (unpaired) electrons. The molecule has 0 heterocycles. The van der Waals surface area contributed by atoms with Crippen molar-refractivity contribution in [3.63, 3.8) is 0 Å². The Hall–Kier alpha value is -1.38.